The minimum atomic E-state index is -0.860. The molecule has 0 spiro atoms. The average molecular weight is 490 g/mol. The Morgan fingerprint density at radius 2 is 1.56 bits per heavy atom. The number of para-hydroxylation sites is 1. The number of fused-ring (bicyclic) bond motifs is 1. The van der Waals surface area contributed by atoms with Crippen molar-refractivity contribution in [3.63, 3.8) is 0 Å². The van der Waals surface area contributed by atoms with Crippen molar-refractivity contribution in [2.75, 3.05) is 18.5 Å². The molecular weight excluding hydrogens is 462 g/mol. The number of allylic oxidation sites excluding steroid dienone is 2. The number of amides is 4. The fourth-order valence-electron chi connectivity index (χ4n) is 4.42. The number of anilines is 1. The summed E-state index contributed by atoms with van der Waals surface area (Å²) in [6, 6.07) is 15.7. The quantitative estimate of drug-likeness (QED) is 0.334. The summed E-state index contributed by atoms with van der Waals surface area (Å²) in [5, 5.41) is 5.48. The monoisotopic (exact) mass is 489 g/mol. The van der Waals surface area contributed by atoms with E-state index in [1.54, 1.807) is 24.3 Å². The maximum absolute atomic E-state index is 12.8. The minimum absolute atomic E-state index is 0.251. The van der Waals surface area contributed by atoms with Crippen LogP contribution in [-0.4, -0.2) is 47.6 Å². The summed E-state index contributed by atoms with van der Waals surface area (Å²) in [5.74, 6) is -3.54. The van der Waals surface area contributed by atoms with Gasteiger partial charge in [-0.3, -0.25) is 28.9 Å². The SMILES string of the molecule is C[C@H](NC(=O)c1ccccc1NC(=O)COC(=O)CN1C(=O)[C@H]2CC=CC[C@H]2C1=O)c1ccccc1. The van der Waals surface area contributed by atoms with Crippen LogP contribution < -0.4 is 10.6 Å². The largest absolute Gasteiger partial charge is 0.454 e. The number of esters is 1. The van der Waals surface area contributed by atoms with Crippen LogP contribution in [0.3, 0.4) is 0 Å². The van der Waals surface area contributed by atoms with E-state index in [4.69, 9.17) is 4.74 Å². The topological polar surface area (TPSA) is 122 Å². The third kappa shape index (κ3) is 5.51. The van der Waals surface area contributed by atoms with Gasteiger partial charge in [-0.25, -0.2) is 0 Å². The van der Waals surface area contributed by atoms with Gasteiger partial charge in [0.1, 0.15) is 6.54 Å². The molecule has 2 aliphatic rings. The Balaban J connectivity index is 1.30. The number of carbonyl (C=O) groups excluding carboxylic acids is 5. The maximum Gasteiger partial charge on any atom is 0.326 e. The van der Waals surface area contributed by atoms with Crippen molar-refractivity contribution in [2.24, 2.45) is 11.8 Å². The second-order valence-electron chi connectivity index (χ2n) is 8.78. The number of nitrogens with one attached hydrogen (secondary N) is 2. The molecule has 1 heterocycles. The summed E-state index contributed by atoms with van der Waals surface area (Å²) in [4.78, 5) is 63.4. The summed E-state index contributed by atoms with van der Waals surface area (Å²) in [5.41, 5.74) is 1.45. The third-order valence-corrected chi connectivity index (χ3v) is 6.34. The van der Waals surface area contributed by atoms with Crippen LogP contribution in [0.4, 0.5) is 5.69 Å². The van der Waals surface area contributed by atoms with Crippen molar-refractivity contribution in [1.29, 1.82) is 0 Å². The predicted octanol–water partition coefficient (Wildman–Crippen LogP) is 2.61. The zero-order chi connectivity index (χ0) is 25.7. The van der Waals surface area contributed by atoms with E-state index in [0.29, 0.717) is 12.8 Å². The van der Waals surface area contributed by atoms with Crippen LogP contribution in [0.15, 0.2) is 66.7 Å². The number of ether oxygens (including phenoxy) is 1. The number of hydrogen-bond donors (Lipinski definition) is 2. The van der Waals surface area contributed by atoms with E-state index >= 15 is 0 Å². The van der Waals surface area contributed by atoms with Gasteiger partial charge in [-0.1, -0.05) is 54.6 Å². The smallest absolute Gasteiger partial charge is 0.326 e. The highest BCUT2D eigenvalue weighted by Crippen LogP contribution is 2.34. The van der Waals surface area contributed by atoms with Crippen molar-refractivity contribution in [1.82, 2.24) is 10.2 Å². The summed E-state index contributed by atoms with van der Waals surface area (Å²) in [7, 11) is 0. The van der Waals surface area contributed by atoms with Crippen molar-refractivity contribution >= 4 is 35.3 Å². The second kappa shape index (κ2) is 11.0. The normalized spacial score (nSPS) is 19.4. The summed E-state index contributed by atoms with van der Waals surface area (Å²) >= 11 is 0. The molecule has 0 saturated carbocycles. The van der Waals surface area contributed by atoms with E-state index in [1.165, 1.54) is 0 Å². The van der Waals surface area contributed by atoms with E-state index in [-0.39, 0.29) is 35.0 Å². The number of rotatable bonds is 8. The third-order valence-electron chi connectivity index (χ3n) is 6.34. The van der Waals surface area contributed by atoms with Gasteiger partial charge in [0.2, 0.25) is 11.8 Å². The zero-order valence-corrected chi connectivity index (χ0v) is 19.8. The highest BCUT2D eigenvalue weighted by Gasteiger charge is 2.47. The molecule has 9 heteroatoms. The minimum Gasteiger partial charge on any atom is -0.454 e. The van der Waals surface area contributed by atoms with E-state index in [0.717, 1.165) is 10.5 Å². The first kappa shape index (κ1) is 24.8. The number of benzene rings is 2. The van der Waals surface area contributed by atoms with Crippen molar-refractivity contribution in [3.05, 3.63) is 77.9 Å². The fraction of sp³-hybridized carbons (Fsp3) is 0.296. The zero-order valence-electron chi connectivity index (χ0n) is 19.8. The van der Waals surface area contributed by atoms with Gasteiger partial charge in [0, 0.05) is 0 Å². The molecule has 4 rings (SSSR count). The molecule has 1 aliphatic heterocycles. The molecule has 36 heavy (non-hydrogen) atoms. The number of likely N-dealkylation sites (tertiary alicyclic amines) is 1. The lowest BCUT2D eigenvalue weighted by Crippen LogP contribution is -2.37. The molecule has 4 amide bonds. The standard InChI is InChI=1S/C27H27N3O6/c1-17(18-9-3-2-4-10-18)28-25(33)21-13-7-8-14-22(21)29-23(31)16-36-24(32)15-30-26(34)19-11-5-6-12-20(19)27(30)35/h2-10,13-14,17,19-20H,11-12,15-16H2,1H3,(H,28,33)(H,29,31)/t17-,19-,20+/m0/s1. The first-order valence-corrected chi connectivity index (χ1v) is 11.8. The Morgan fingerprint density at radius 1 is 0.944 bits per heavy atom. The molecule has 9 nitrogen and oxygen atoms in total. The molecule has 2 aromatic carbocycles. The molecule has 0 unspecified atom stereocenters. The molecule has 1 aliphatic carbocycles. The summed E-state index contributed by atoms with van der Waals surface area (Å²) in [6.07, 6.45) is 4.67. The molecule has 0 bridgehead atoms. The summed E-state index contributed by atoms with van der Waals surface area (Å²) in [6.45, 7) is 0.698. The lowest BCUT2D eigenvalue weighted by Gasteiger charge is -2.17. The highest BCUT2D eigenvalue weighted by atomic mass is 16.5. The van der Waals surface area contributed by atoms with Crippen LogP contribution in [0.1, 0.15) is 41.7 Å². The van der Waals surface area contributed by atoms with Crippen molar-refractivity contribution in [3.8, 4) is 0 Å². The second-order valence-corrected chi connectivity index (χ2v) is 8.78. The van der Waals surface area contributed by atoms with E-state index in [9.17, 15) is 24.0 Å². The molecule has 186 valence electrons. The Kier molecular flexibility index (Phi) is 7.58. The lowest BCUT2D eigenvalue weighted by molar-refractivity contribution is -0.154. The van der Waals surface area contributed by atoms with E-state index in [1.807, 2.05) is 49.4 Å². The van der Waals surface area contributed by atoms with Gasteiger partial charge in [-0.05, 0) is 37.5 Å². The Hall–Kier alpha value is -4.27. The Morgan fingerprint density at radius 3 is 2.22 bits per heavy atom. The molecule has 3 atom stereocenters. The van der Waals surface area contributed by atoms with E-state index < -0.39 is 36.9 Å². The van der Waals surface area contributed by atoms with Crippen molar-refractivity contribution in [2.45, 2.75) is 25.8 Å². The molecule has 0 aromatic heterocycles. The van der Waals surface area contributed by atoms with Crippen LogP contribution in [0.5, 0.6) is 0 Å². The van der Waals surface area contributed by atoms with Crippen LogP contribution in [-0.2, 0) is 23.9 Å². The van der Waals surface area contributed by atoms with Gasteiger partial charge in [-0.2, -0.15) is 0 Å². The fourth-order valence-corrected chi connectivity index (χ4v) is 4.42. The van der Waals surface area contributed by atoms with Gasteiger partial charge >= 0.3 is 5.97 Å². The van der Waals surface area contributed by atoms with Gasteiger partial charge < -0.3 is 15.4 Å². The lowest BCUT2D eigenvalue weighted by atomic mass is 9.85. The first-order valence-electron chi connectivity index (χ1n) is 11.8. The number of hydrogen-bond acceptors (Lipinski definition) is 6. The van der Waals surface area contributed by atoms with Gasteiger partial charge in [0.15, 0.2) is 6.61 Å². The molecule has 1 saturated heterocycles. The predicted molar refractivity (Wildman–Crippen MR) is 130 cm³/mol. The van der Waals surface area contributed by atoms with Crippen molar-refractivity contribution < 1.29 is 28.7 Å². The average Bonchev–Trinajstić information content (AvgIpc) is 3.13. The molecule has 2 N–H and O–H groups in total. The van der Waals surface area contributed by atoms with Crippen LogP contribution in [0, 0.1) is 11.8 Å². The van der Waals surface area contributed by atoms with E-state index in [2.05, 4.69) is 10.6 Å². The maximum atomic E-state index is 12.8. The number of imide groups is 1. The number of carbonyl (C=O) groups is 5. The van der Waals surface area contributed by atoms with Crippen LogP contribution >= 0.6 is 0 Å². The van der Waals surface area contributed by atoms with Gasteiger partial charge in [0.05, 0.1) is 29.1 Å². The Bertz CT molecular complexity index is 1180. The highest BCUT2D eigenvalue weighted by molar-refractivity contribution is 6.07. The summed E-state index contributed by atoms with van der Waals surface area (Å²) < 4.78 is 5.00. The van der Waals surface area contributed by atoms with Crippen LogP contribution in [0.25, 0.3) is 0 Å². The Labute approximate surface area is 208 Å². The first-order chi connectivity index (χ1) is 17.3. The number of nitrogens with zero attached hydrogens (tertiary/aromatic N) is 1. The van der Waals surface area contributed by atoms with Gasteiger partial charge in [0.25, 0.3) is 11.8 Å². The molecule has 0 radical (unpaired) electrons. The molecular formula is C27H27N3O6. The molecule has 1 fully saturated rings. The van der Waals surface area contributed by atoms with Gasteiger partial charge in [-0.15, -0.1) is 0 Å². The van der Waals surface area contributed by atoms with Crippen LogP contribution in [0.2, 0.25) is 0 Å². The molecule has 2 aromatic rings.